The molecule has 0 radical (unpaired) electrons. The van der Waals surface area contributed by atoms with Gasteiger partial charge in [0.1, 0.15) is 15.2 Å². The minimum Gasteiger partial charge on any atom is -0.303 e. The number of nitrogens with one attached hydrogen (secondary N) is 1. The van der Waals surface area contributed by atoms with Gasteiger partial charge in [0.15, 0.2) is 0 Å². The van der Waals surface area contributed by atoms with Crippen molar-refractivity contribution in [2.75, 3.05) is 19.6 Å². The second-order valence-electron chi connectivity index (χ2n) is 4.97. The summed E-state index contributed by atoms with van der Waals surface area (Å²) in [6.07, 6.45) is 2.81. The molecule has 0 spiro atoms. The largest absolute Gasteiger partial charge is 0.303 e. The predicted molar refractivity (Wildman–Crippen MR) is 79.1 cm³/mol. The van der Waals surface area contributed by atoms with E-state index in [9.17, 15) is 8.42 Å². The topological polar surface area (TPSA) is 73.2 Å². The number of hydrogen-bond acceptors (Lipinski definition) is 5. The number of rotatable bonds is 5. The molecule has 0 atom stereocenters. The van der Waals surface area contributed by atoms with E-state index in [4.69, 9.17) is 5.26 Å². The van der Waals surface area contributed by atoms with Crippen molar-refractivity contribution in [2.45, 2.75) is 36.4 Å². The van der Waals surface area contributed by atoms with Crippen molar-refractivity contribution in [1.29, 1.82) is 5.26 Å². The van der Waals surface area contributed by atoms with Crippen LogP contribution in [0.2, 0.25) is 0 Å². The summed E-state index contributed by atoms with van der Waals surface area (Å²) in [5.41, 5.74) is 0. The van der Waals surface area contributed by atoms with Crippen molar-refractivity contribution < 1.29 is 8.42 Å². The molecule has 0 aliphatic carbocycles. The van der Waals surface area contributed by atoms with Gasteiger partial charge in [-0.25, -0.2) is 13.1 Å². The van der Waals surface area contributed by atoms with Crippen LogP contribution in [0.25, 0.3) is 0 Å². The molecule has 0 bridgehead atoms. The van der Waals surface area contributed by atoms with Gasteiger partial charge in [0.2, 0.25) is 10.0 Å². The van der Waals surface area contributed by atoms with Crippen LogP contribution in [0.5, 0.6) is 0 Å². The lowest BCUT2D eigenvalue weighted by molar-refractivity contribution is 0.208. The fourth-order valence-electron chi connectivity index (χ4n) is 2.39. The van der Waals surface area contributed by atoms with Crippen LogP contribution in [0.4, 0.5) is 0 Å². The van der Waals surface area contributed by atoms with E-state index >= 15 is 0 Å². The minimum absolute atomic E-state index is 0.000687. The summed E-state index contributed by atoms with van der Waals surface area (Å²) in [5, 5.41) is 8.76. The summed E-state index contributed by atoms with van der Waals surface area (Å²) in [7, 11) is -3.48. The molecular weight excluding hydrogens is 294 g/mol. The Balaban J connectivity index is 1.95. The third kappa shape index (κ3) is 3.79. The highest BCUT2D eigenvalue weighted by molar-refractivity contribution is 7.91. The maximum absolute atomic E-state index is 12.2. The molecule has 1 saturated heterocycles. The smallest absolute Gasteiger partial charge is 0.250 e. The van der Waals surface area contributed by atoms with E-state index in [0.717, 1.165) is 50.2 Å². The lowest BCUT2D eigenvalue weighted by Gasteiger charge is -2.31. The highest BCUT2D eigenvalue weighted by Crippen LogP contribution is 2.22. The molecule has 2 heterocycles. The van der Waals surface area contributed by atoms with Crippen molar-refractivity contribution in [3.8, 4) is 6.07 Å². The number of sulfonamides is 1. The first kappa shape index (κ1) is 15.4. The normalized spacial score (nSPS) is 18.0. The van der Waals surface area contributed by atoms with Gasteiger partial charge in [0.05, 0.1) is 0 Å². The number of piperidine rings is 1. The van der Waals surface area contributed by atoms with Crippen molar-refractivity contribution >= 4 is 21.4 Å². The number of likely N-dealkylation sites (tertiary alicyclic amines) is 1. The zero-order chi connectivity index (χ0) is 14.6. The van der Waals surface area contributed by atoms with E-state index in [1.165, 1.54) is 6.07 Å². The van der Waals surface area contributed by atoms with E-state index in [-0.39, 0.29) is 10.3 Å². The zero-order valence-electron chi connectivity index (χ0n) is 11.5. The summed E-state index contributed by atoms with van der Waals surface area (Å²) in [6.45, 7) is 5.11. The van der Waals surface area contributed by atoms with Gasteiger partial charge in [-0.2, -0.15) is 5.26 Å². The van der Waals surface area contributed by atoms with Crippen molar-refractivity contribution in [3.63, 3.8) is 0 Å². The van der Waals surface area contributed by atoms with Crippen molar-refractivity contribution in [2.24, 2.45) is 0 Å². The molecule has 1 aliphatic rings. The maximum Gasteiger partial charge on any atom is 0.250 e. The fourth-order valence-corrected chi connectivity index (χ4v) is 4.82. The monoisotopic (exact) mass is 313 g/mol. The van der Waals surface area contributed by atoms with Gasteiger partial charge in [-0.15, -0.1) is 11.3 Å². The van der Waals surface area contributed by atoms with Crippen LogP contribution in [0.15, 0.2) is 16.3 Å². The Kier molecular flexibility index (Phi) is 5.16. The van der Waals surface area contributed by atoms with Gasteiger partial charge in [-0.05, 0) is 51.0 Å². The molecule has 0 aromatic carbocycles. The first-order valence-corrected chi connectivity index (χ1v) is 9.09. The van der Waals surface area contributed by atoms with Gasteiger partial charge >= 0.3 is 0 Å². The lowest BCUT2D eigenvalue weighted by atomic mass is 10.1. The molecule has 5 nitrogen and oxygen atoms in total. The highest BCUT2D eigenvalue weighted by atomic mass is 32.2. The predicted octanol–water partition coefficient (Wildman–Crippen LogP) is 1.77. The Morgan fingerprint density at radius 3 is 2.70 bits per heavy atom. The molecule has 0 amide bonds. The third-order valence-electron chi connectivity index (χ3n) is 3.41. The van der Waals surface area contributed by atoms with Crippen LogP contribution < -0.4 is 4.72 Å². The van der Waals surface area contributed by atoms with E-state index in [0.29, 0.717) is 4.88 Å². The summed E-state index contributed by atoms with van der Waals surface area (Å²) in [6, 6.07) is 5.01. The standard InChI is InChI=1S/C13H19N3O2S2/c1-2-7-16-8-5-11(6-9-16)15-20(17,18)13-4-3-12(10-14)19-13/h3-4,11,15H,2,5-9H2,1H3. The second kappa shape index (κ2) is 6.68. The SMILES string of the molecule is CCCN1CCC(NS(=O)(=O)c2ccc(C#N)s2)CC1. The molecule has 2 rings (SSSR count). The Morgan fingerprint density at radius 2 is 2.15 bits per heavy atom. The molecule has 110 valence electrons. The Labute approximate surface area is 124 Å². The van der Waals surface area contributed by atoms with Crippen molar-refractivity contribution in [3.05, 3.63) is 17.0 Å². The summed E-state index contributed by atoms with van der Waals surface area (Å²) in [4.78, 5) is 2.78. The zero-order valence-corrected chi connectivity index (χ0v) is 13.1. The first-order valence-electron chi connectivity index (χ1n) is 6.80. The molecule has 0 unspecified atom stereocenters. The van der Waals surface area contributed by atoms with E-state index in [1.54, 1.807) is 6.07 Å². The fraction of sp³-hybridized carbons (Fsp3) is 0.615. The number of thiophene rings is 1. The number of nitrogens with zero attached hydrogens (tertiary/aromatic N) is 2. The van der Waals surface area contributed by atoms with Crippen LogP contribution in [0.3, 0.4) is 0 Å². The Morgan fingerprint density at radius 1 is 1.45 bits per heavy atom. The van der Waals surface area contributed by atoms with Gasteiger partial charge in [-0.1, -0.05) is 6.92 Å². The molecule has 1 aromatic rings. The molecule has 1 aliphatic heterocycles. The average Bonchev–Trinajstić information content (AvgIpc) is 2.91. The Hall–Kier alpha value is -0.940. The molecular formula is C13H19N3O2S2. The lowest BCUT2D eigenvalue weighted by Crippen LogP contribution is -2.44. The van der Waals surface area contributed by atoms with Gasteiger partial charge in [0.25, 0.3) is 0 Å². The van der Waals surface area contributed by atoms with Gasteiger partial charge < -0.3 is 4.90 Å². The van der Waals surface area contributed by atoms with Crippen LogP contribution >= 0.6 is 11.3 Å². The average molecular weight is 313 g/mol. The van der Waals surface area contributed by atoms with E-state index in [2.05, 4.69) is 16.5 Å². The summed E-state index contributed by atoms with van der Waals surface area (Å²) in [5.74, 6) is 0. The van der Waals surface area contributed by atoms with Crippen molar-refractivity contribution in [1.82, 2.24) is 9.62 Å². The molecule has 20 heavy (non-hydrogen) atoms. The second-order valence-corrected chi connectivity index (χ2v) is 7.99. The molecule has 1 N–H and O–H groups in total. The summed E-state index contributed by atoms with van der Waals surface area (Å²) < 4.78 is 27.4. The van der Waals surface area contributed by atoms with E-state index < -0.39 is 10.0 Å². The number of nitriles is 1. The Bertz CT molecular complexity index is 581. The quantitative estimate of drug-likeness (QED) is 0.899. The van der Waals surface area contributed by atoms with Gasteiger partial charge in [-0.3, -0.25) is 0 Å². The van der Waals surface area contributed by atoms with Crippen LogP contribution in [-0.4, -0.2) is 39.0 Å². The number of hydrogen-bond donors (Lipinski definition) is 1. The summed E-state index contributed by atoms with van der Waals surface area (Å²) >= 11 is 1.02. The first-order chi connectivity index (χ1) is 9.55. The third-order valence-corrected chi connectivity index (χ3v) is 6.41. The molecule has 7 heteroatoms. The minimum atomic E-state index is -3.48. The van der Waals surface area contributed by atoms with Crippen LogP contribution in [0, 0.1) is 11.3 Å². The maximum atomic E-state index is 12.2. The molecule has 1 fully saturated rings. The van der Waals surface area contributed by atoms with Gasteiger partial charge in [0, 0.05) is 6.04 Å². The molecule has 0 saturated carbocycles. The highest BCUT2D eigenvalue weighted by Gasteiger charge is 2.25. The van der Waals surface area contributed by atoms with E-state index in [1.807, 2.05) is 6.07 Å². The van der Waals surface area contributed by atoms with Crippen LogP contribution in [0.1, 0.15) is 31.1 Å². The van der Waals surface area contributed by atoms with Crippen LogP contribution in [-0.2, 0) is 10.0 Å². The molecule has 1 aromatic heterocycles.